The highest BCUT2D eigenvalue weighted by atomic mass is 32.1. The number of rotatable bonds is 3. The topological polar surface area (TPSA) is 34.9 Å². The molecule has 17 heavy (non-hydrogen) atoms. The molecule has 3 aromatic rings. The zero-order chi connectivity index (χ0) is 11.7. The summed E-state index contributed by atoms with van der Waals surface area (Å²) in [6, 6.07) is 5.66. The van der Waals surface area contributed by atoms with Gasteiger partial charge in [-0.2, -0.15) is 0 Å². The van der Waals surface area contributed by atoms with Gasteiger partial charge in [-0.1, -0.05) is 17.6 Å². The lowest BCUT2D eigenvalue weighted by Gasteiger charge is -1.95. The van der Waals surface area contributed by atoms with Crippen LogP contribution in [0.2, 0.25) is 0 Å². The molecule has 86 valence electrons. The normalized spacial score (nSPS) is 10.8. The molecule has 0 fully saturated rings. The Kier molecular flexibility index (Phi) is 2.92. The van der Waals surface area contributed by atoms with Crippen LogP contribution < -0.4 is 5.56 Å². The quantitative estimate of drug-likeness (QED) is 0.738. The SMILES string of the molecule is O=c1ccsn1Cc1csc(-c2cccs2)n1. The second-order valence-electron chi connectivity index (χ2n) is 3.40. The number of nitrogens with zero attached hydrogens (tertiary/aromatic N) is 2. The van der Waals surface area contributed by atoms with Crippen LogP contribution in [0.15, 0.2) is 39.1 Å². The first-order valence-electron chi connectivity index (χ1n) is 4.96. The van der Waals surface area contributed by atoms with Gasteiger partial charge in [0.05, 0.1) is 17.1 Å². The van der Waals surface area contributed by atoms with Gasteiger partial charge in [0.2, 0.25) is 0 Å². The fourth-order valence-corrected chi connectivity index (χ4v) is 3.77. The van der Waals surface area contributed by atoms with Crippen LogP contribution in [0.1, 0.15) is 5.69 Å². The van der Waals surface area contributed by atoms with Crippen molar-refractivity contribution < 1.29 is 0 Å². The van der Waals surface area contributed by atoms with Crippen molar-refractivity contribution in [2.75, 3.05) is 0 Å². The molecule has 3 rings (SSSR count). The lowest BCUT2D eigenvalue weighted by Crippen LogP contribution is -2.12. The Morgan fingerprint density at radius 1 is 1.24 bits per heavy atom. The zero-order valence-corrected chi connectivity index (χ0v) is 11.1. The van der Waals surface area contributed by atoms with Crippen LogP contribution in [0.3, 0.4) is 0 Å². The zero-order valence-electron chi connectivity index (χ0n) is 8.70. The molecule has 0 amide bonds. The molecule has 0 aliphatic rings. The second-order valence-corrected chi connectivity index (χ2v) is 6.13. The van der Waals surface area contributed by atoms with E-state index in [0.717, 1.165) is 10.7 Å². The molecule has 0 saturated carbocycles. The molecule has 0 aliphatic heterocycles. The summed E-state index contributed by atoms with van der Waals surface area (Å²) in [5, 5.41) is 6.88. The van der Waals surface area contributed by atoms with Crippen LogP contribution in [-0.4, -0.2) is 8.94 Å². The van der Waals surface area contributed by atoms with E-state index < -0.39 is 0 Å². The Labute approximate surface area is 110 Å². The summed E-state index contributed by atoms with van der Waals surface area (Å²) in [4.78, 5) is 17.1. The van der Waals surface area contributed by atoms with Gasteiger partial charge in [-0.3, -0.25) is 8.75 Å². The van der Waals surface area contributed by atoms with Gasteiger partial charge >= 0.3 is 0 Å². The summed E-state index contributed by atoms with van der Waals surface area (Å²) in [6.07, 6.45) is 0. The Morgan fingerprint density at radius 2 is 2.18 bits per heavy atom. The first kappa shape index (κ1) is 10.9. The van der Waals surface area contributed by atoms with E-state index in [1.54, 1.807) is 38.1 Å². The third kappa shape index (κ3) is 2.24. The van der Waals surface area contributed by atoms with E-state index in [0.29, 0.717) is 6.54 Å². The molecule has 0 atom stereocenters. The van der Waals surface area contributed by atoms with E-state index in [-0.39, 0.29) is 5.56 Å². The average molecular weight is 280 g/mol. The van der Waals surface area contributed by atoms with Crippen LogP contribution in [-0.2, 0) is 6.54 Å². The molecule has 0 radical (unpaired) electrons. The van der Waals surface area contributed by atoms with Crippen molar-refractivity contribution >= 4 is 34.2 Å². The van der Waals surface area contributed by atoms with Crippen molar-refractivity contribution in [3.63, 3.8) is 0 Å². The van der Waals surface area contributed by atoms with Crippen molar-refractivity contribution in [3.8, 4) is 9.88 Å². The fraction of sp³-hybridized carbons (Fsp3) is 0.0909. The predicted octanol–water partition coefficient (Wildman–Crippen LogP) is 3.14. The van der Waals surface area contributed by atoms with Crippen LogP contribution >= 0.6 is 34.2 Å². The average Bonchev–Trinajstić information content (AvgIpc) is 3.02. The monoisotopic (exact) mass is 280 g/mol. The summed E-state index contributed by atoms with van der Waals surface area (Å²) in [6.45, 7) is 0.568. The lowest BCUT2D eigenvalue weighted by molar-refractivity contribution is 0.827. The highest BCUT2D eigenvalue weighted by Gasteiger charge is 2.07. The van der Waals surface area contributed by atoms with Gasteiger partial charge < -0.3 is 0 Å². The van der Waals surface area contributed by atoms with Crippen molar-refractivity contribution in [2.24, 2.45) is 0 Å². The van der Waals surface area contributed by atoms with Crippen LogP contribution in [0.5, 0.6) is 0 Å². The summed E-state index contributed by atoms with van der Waals surface area (Å²) in [5.74, 6) is 0. The molecular formula is C11H8N2OS3. The fourth-order valence-electron chi connectivity index (χ4n) is 1.45. The largest absolute Gasteiger partial charge is 0.268 e. The summed E-state index contributed by atoms with van der Waals surface area (Å²) >= 11 is 4.73. The van der Waals surface area contributed by atoms with E-state index in [9.17, 15) is 4.79 Å². The third-order valence-corrected chi connectivity index (χ3v) is 4.99. The number of thiazole rings is 1. The minimum absolute atomic E-state index is 0.0423. The van der Waals surface area contributed by atoms with Gasteiger partial charge in [-0.15, -0.1) is 22.7 Å². The van der Waals surface area contributed by atoms with Crippen molar-refractivity contribution in [2.45, 2.75) is 6.54 Å². The maximum absolute atomic E-state index is 11.4. The van der Waals surface area contributed by atoms with E-state index in [4.69, 9.17) is 0 Å². The molecule has 0 saturated heterocycles. The molecular weight excluding hydrogens is 272 g/mol. The molecule has 0 aromatic carbocycles. The Hall–Kier alpha value is -1.24. The number of hydrogen-bond donors (Lipinski definition) is 0. The number of aromatic nitrogens is 2. The van der Waals surface area contributed by atoms with E-state index in [1.165, 1.54) is 16.4 Å². The van der Waals surface area contributed by atoms with Gasteiger partial charge in [0.15, 0.2) is 0 Å². The first-order valence-corrected chi connectivity index (χ1v) is 7.55. The molecule has 0 spiro atoms. The van der Waals surface area contributed by atoms with Crippen molar-refractivity contribution in [1.82, 2.24) is 8.94 Å². The Morgan fingerprint density at radius 3 is 2.88 bits per heavy atom. The predicted molar refractivity (Wildman–Crippen MR) is 73.1 cm³/mol. The number of thiophene rings is 1. The summed E-state index contributed by atoms with van der Waals surface area (Å²) in [5.41, 5.74) is 0.989. The van der Waals surface area contributed by atoms with Crippen LogP contribution in [0, 0.1) is 0 Å². The highest BCUT2D eigenvalue weighted by molar-refractivity contribution is 7.20. The summed E-state index contributed by atoms with van der Waals surface area (Å²) < 4.78 is 1.70. The van der Waals surface area contributed by atoms with Gasteiger partial charge in [0, 0.05) is 16.8 Å². The number of hydrogen-bond acceptors (Lipinski definition) is 5. The van der Waals surface area contributed by atoms with Crippen molar-refractivity contribution in [3.05, 3.63) is 50.4 Å². The van der Waals surface area contributed by atoms with Gasteiger partial charge in [-0.25, -0.2) is 4.98 Å². The molecule has 0 aliphatic carbocycles. The molecule has 0 unspecified atom stereocenters. The Bertz CT molecular complexity index is 663. The molecule has 3 heterocycles. The smallest absolute Gasteiger partial charge is 0.260 e. The maximum atomic E-state index is 11.4. The van der Waals surface area contributed by atoms with Crippen molar-refractivity contribution in [1.29, 1.82) is 0 Å². The molecule has 0 N–H and O–H groups in total. The second kappa shape index (κ2) is 4.56. The standard InChI is InChI=1S/C11H8N2OS3/c14-10-3-5-17-13(10)6-8-7-16-11(12-8)9-2-1-4-15-9/h1-5,7H,6H2. The van der Waals surface area contributed by atoms with E-state index >= 15 is 0 Å². The lowest BCUT2D eigenvalue weighted by atomic mass is 10.4. The molecule has 6 heteroatoms. The molecule has 0 bridgehead atoms. The van der Waals surface area contributed by atoms with Crippen LogP contribution in [0.4, 0.5) is 0 Å². The minimum Gasteiger partial charge on any atom is -0.268 e. The maximum Gasteiger partial charge on any atom is 0.260 e. The highest BCUT2D eigenvalue weighted by Crippen LogP contribution is 2.27. The Balaban J connectivity index is 1.86. The first-order chi connectivity index (χ1) is 8.33. The van der Waals surface area contributed by atoms with E-state index in [1.807, 2.05) is 16.8 Å². The third-order valence-electron chi connectivity index (χ3n) is 2.23. The minimum atomic E-state index is 0.0423. The van der Waals surface area contributed by atoms with Crippen LogP contribution in [0.25, 0.3) is 9.88 Å². The van der Waals surface area contributed by atoms with Gasteiger partial charge in [0.1, 0.15) is 5.01 Å². The van der Waals surface area contributed by atoms with Gasteiger partial charge in [0.25, 0.3) is 5.56 Å². The van der Waals surface area contributed by atoms with Gasteiger partial charge in [-0.05, 0) is 11.4 Å². The van der Waals surface area contributed by atoms with E-state index in [2.05, 4.69) is 11.1 Å². The molecule has 3 aromatic heterocycles. The molecule has 3 nitrogen and oxygen atoms in total. The summed E-state index contributed by atoms with van der Waals surface area (Å²) in [7, 11) is 0.